The van der Waals surface area contributed by atoms with Gasteiger partial charge in [-0.1, -0.05) is 17.4 Å². The molecule has 4 rings (SSSR count). The molecule has 8 nitrogen and oxygen atoms in total. The first kappa shape index (κ1) is 22.8. The Labute approximate surface area is 194 Å². The van der Waals surface area contributed by atoms with E-state index in [2.05, 4.69) is 4.72 Å². The van der Waals surface area contributed by atoms with Crippen molar-refractivity contribution in [1.29, 1.82) is 0 Å². The van der Waals surface area contributed by atoms with Crippen LogP contribution in [0.2, 0.25) is 0 Å². The number of hydrogen-bond acceptors (Lipinski definition) is 7. The van der Waals surface area contributed by atoms with Crippen LogP contribution in [0.25, 0.3) is 10.2 Å². The summed E-state index contributed by atoms with van der Waals surface area (Å²) in [5.41, 5.74) is 1.10. The second-order valence-corrected chi connectivity index (χ2v) is 10.8. The summed E-state index contributed by atoms with van der Waals surface area (Å²) in [6.07, 6.45) is 2.13. The molecule has 0 bridgehead atoms. The number of nitrogens with one attached hydrogen (secondary N) is 1. The number of sulfonamides is 1. The molecule has 0 saturated carbocycles. The van der Waals surface area contributed by atoms with Crippen LogP contribution in [0.4, 0.5) is 5.69 Å². The highest BCUT2D eigenvalue weighted by molar-refractivity contribution is 7.98. The monoisotopic (exact) mass is 493 g/mol. The maximum absolute atomic E-state index is 12.9. The van der Waals surface area contributed by atoms with Gasteiger partial charge in [0.25, 0.3) is 10.0 Å². The first-order chi connectivity index (χ1) is 15.4. The number of rotatable bonds is 7. The molecule has 32 heavy (non-hydrogen) atoms. The molecule has 1 saturated heterocycles. The largest absolute Gasteiger partial charge is 0.378 e. The Morgan fingerprint density at radius 2 is 1.97 bits per heavy atom. The van der Waals surface area contributed by atoms with Gasteiger partial charge in [0.15, 0.2) is 0 Å². The predicted octanol–water partition coefficient (Wildman–Crippen LogP) is 2.83. The minimum Gasteiger partial charge on any atom is -0.378 e. The molecule has 2 heterocycles. The molecule has 1 aromatic heterocycles. The van der Waals surface area contributed by atoms with Crippen molar-refractivity contribution >= 4 is 54.9 Å². The molecule has 0 spiro atoms. The Bertz CT molecular complexity index is 1290. The van der Waals surface area contributed by atoms with Crippen LogP contribution in [0.15, 0.2) is 57.1 Å². The number of amides is 1. The Hall–Kier alpha value is -2.34. The van der Waals surface area contributed by atoms with Gasteiger partial charge in [0, 0.05) is 36.6 Å². The highest BCUT2D eigenvalue weighted by Gasteiger charge is 2.20. The second-order valence-electron chi connectivity index (χ2n) is 7.23. The number of ether oxygens (including phenoxy) is 1. The molecule has 1 fully saturated rings. The average Bonchev–Trinajstić information content (AvgIpc) is 3.12. The van der Waals surface area contributed by atoms with Crippen molar-refractivity contribution in [3.63, 3.8) is 0 Å². The van der Waals surface area contributed by atoms with E-state index in [-0.39, 0.29) is 28.6 Å². The van der Waals surface area contributed by atoms with Crippen molar-refractivity contribution < 1.29 is 17.9 Å². The smallest absolute Gasteiger partial charge is 0.308 e. The zero-order valence-electron chi connectivity index (χ0n) is 17.4. The number of thiazole rings is 1. The number of carbonyl (C=O) groups excluding carboxylic acids is 1. The van der Waals surface area contributed by atoms with E-state index in [1.54, 1.807) is 29.2 Å². The molecule has 0 atom stereocenters. The lowest BCUT2D eigenvalue weighted by Crippen LogP contribution is -2.41. The molecule has 0 unspecified atom stereocenters. The Morgan fingerprint density at radius 3 is 2.72 bits per heavy atom. The van der Waals surface area contributed by atoms with Crippen LogP contribution >= 0.6 is 23.1 Å². The summed E-state index contributed by atoms with van der Waals surface area (Å²) in [7, 11) is -3.81. The van der Waals surface area contributed by atoms with Gasteiger partial charge in [-0.15, -0.1) is 11.8 Å². The van der Waals surface area contributed by atoms with Gasteiger partial charge >= 0.3 is 4.87 Å². The van der Waals surface area contributed by atoms with E-state index in [4.69, 9.17) is 4.74 Å². The minimum atomic E-state index is -3.81. The molecule has 1 N–H and O–H groups in total. The molecular formula is C21H23N3O5S3. The normalized spacial score (nSPS) is 14.6. The van der Waals surface area contributed by atoms with E-state index in [9.17, 15) is 18.0 Å². The van der Waals surface area contributed by atoms with Crippen molar-refractivity contribution in [2.24, 2.45) is 0 Å². The molecule has 170 valence electrons. The van der Waals surface area contributed by atoms with E-state index in [0.29, 0.717) is 42.2 Å². The molecule has 3 aromatic rings. The molecule has 0 radical (unpaired) electrons. The van der Waals surface area contributed by atoms with Gasteiger partial charge in [0.05, 0.1) is 28.3 Å². The number of fused-ring (bicyclic) bond motifs is 1. The first-order valence-corrected chi connectivity index (χ1v) is 13.6. The van der Waals surface area contributed by atoms with Crippen LogP contribution in [0.3, 0.4) is 0 Å². The number of hydrogen-bond donors (Lipinski definition) is 1. The van der Waals surface area contributed by atoms with Crippen LogP contribution in [0.5, 0.6) is 0 Å². The Morgan fingerprint density at radius 1 is 1.19 bits per heavy atom. The van der Waals surface area contributed by atoms with Crippen molar-refractivity contribution in [3.8, 4) is 0 Å². The summed E-state index contributed by atoms with van der Waals surface area (Å²) in [5.74, 6) is -0.0181. The quantitative estimate of drug-likeness (QED) is 0.509. The van der Waals surface area contributed by atoms with Gasteiger partial charge in [-0.2, -0.15) is 0 Å². The van der Waals surface area contributed by atoms with Crippen LogP contribution in [-0.4, -0.2) is 56.4 Å². The number of nitrogens with zero attached hydrogens (tertiary/aromatic N) is 2. The Kier molecular flexibility index (Phi) is 6.89. The van der Waals surface area contributed by atoms with Crippen molar-refractivity contribution in [2.45, 2.75) is 22.8 Å². The minimum absolute atomic E-state index is 0.0181. The van der Waals surface area contributed by atoms with Crippen LogP contribution in [0.1, 0.15) is 6.42 Å². The first-order valence-electron chi connectivity index (χ1n) is 10.0. The molecule has 1 amide bonds. The van der Waals surface area contributed by atoms with Gasteiger partial charge in [0.2, 0.25) is 5.91 Å². The van der Waals surface area contributed by atoms with Crippen LogP contribution < -0.4 is 9.60 Å². The third-order valence-corrected chi connectivity index (χ3v) is 8.23. The van der Waals surface area contributed by atoms with Crippen molar-refractivity contribution in [1.82, 2.24) is 9.47 Å². The number of carbonyl (C=O) groups is 1. The summed E-state index contributed by atoms with van der Waals surface area (Å²) >= 11 is 2.50. The summed E-state index contributed by atoms with van der Waals surface area (Å²) in [6.45, 7) is 2.43. The Balaban J connectivity index is 1.53. The van der Waals surface area contributed by atoms with Gasteiger partial charge in [-0.3, -0.25) is 18.9 Å². The van der Waals surface area contributed by atoms with Gasteiger partial charge in [-0.05, 0) is 42.7 Å². The summed E-state index contributed by atoms with van der Waals surface area (Å²) in [6, 6.07) is 11.8. The van der Waals surface area contributed by atoms with E-state index in [0.717, 1.165) is 16.2 Å². The summed E-state index contributed by atoms with van der Waals surface area (Å²) in [5, 5.41) is 0. The number of morpholine rings is 1. The maximum Gasteiger partial charge on any atom is 0.308 e. The maximum atomic E-state index is 12.9. The van der Waals surface area contributed by atoms with Crippen LogP contribution in [-0.2, 0) is 26.1 Å². The highest BCUT2D eigenvalue weighted by Crippen LogP contribution is 2.25. The molecule has 11 heteroatoms. The summed E-state index contributed by atoms with van der Waals surface area (Å²) < 4.78 is 35.7. The second kappa shape index (κ2) is 9.65. The zero-order chi connectivity index (χ0) is 22.7. The van der Waals surface area contributed by atoms with Gasteiger partial charge in [0.1, 0.15) is 0 Å². The number of aryl methyl sites for hydroxylation is 1. The molecule has 0 aliphatic carbocycles. The lowest BCUT2D eigenvalue weighted by molar-refractivity contribution is -0.135. The highest BCUT2D eigenvalue weighted by atomic mass is 32.2. The van der Waals surface area contributed by atoms with E-state index >= 15 is 0 Å². The number of aromatic nitrogens is 1. The SMILES string of the molecule is CSc1cccc(NS(=O)(=O)c2ccc3c(c2)sc(=O)n3CCC(=O)N2CCOCC2)c1. The van der Waals surface area contributed by atoms with Crippen LogP contribution in [0, 0.1) is 0 Å². The number of thioether (sulfide) groups is 1. The fraction of sp³-hybridized carbons (Fsp3) is 0.333. The van der Waals surface area contributed by atoms with Gasteiger partial charge in [-0.25, -0.2) is 8.42 Å². The third kappa shape index (κ3) is 5.01. The van der Waals surface area contributed by atoms with Gasteiger partial charge < -0.3 is 9.64 Å². The zero-order valence-corrected chi connectivity index (χ0v) is 19.9. The van der Waals surface area contributed by atoms with E-state index in [1.165, 1.54) is 28.5 Å². The van der Waals surface area contributed by atoms with E-state index < -0.39 is 10.0 Å². The van der Waals surface area contributed by atoms with Crippen molar-refractivity contribution in [2.75, 3.05) is 37.3 Å². The molecule has 1 aliphatic heterocycles. The fourth-order valence-corrected chi connectivity index (χ4v) is 6.07. The lowest BCUT2D eigenvalue weighted by Gasteiger charge is -2.26. The topological polar surface area (TPSA) is 97.7 Å². The average molecular weight is 494 g/mol. The predicted molar refractivity (Wildman–Crippen MR) is 127 cm³/mol. The molecule has 2 aromatic carbocycles. The van der Waals surface area contributed by atoms with E-state index in [1.807, 2.05) is 12.3 Å². The number of anilines is 1. The third-order valence-electron chi connectivity index (χ3n) is 5.19. The molecular weight excluding hydrogens is 470 g/mol. The fourth-order valence-electron chi connectivity index (χ4n) is 3.50. The van der Waals surface area contributed by atoms with Crippen molar-refractivity contribution in [3.05, 3.63) is 52.1 Å². The standard InChI is InChI=1S/C21H23N3O5S3/c1-30-16-4-2-3-15(13-16)22-32(27,28)17-5-6-18-19(14-17)31-21(26)24(18)8-7-20(25)23-9-11-29-12-10-23/h2-6,13-14,22H,7-12H2,1H3. The lowest BCUT2D eigenvalue weighted by atomic mass is 10.3. The molecule has 1 aliphatic rings. The summed E-state index contributed by atoms with van der Waals surface area (Å²) in [4.78, 5) is 27.5. The number of benzene rings is 2.